The van der Waals surface area contributed by atoms with E-state index in [4.69, 9.17) is 14.2 Å². The third-order valence-electron chi connectivity index (χ3n) is 2.28. The molecule has 0 spiro atoms. The number of hydrogen-bond acceptors (Lipinski definition) is 4. The number of ether oxygens (including phenoxy) is 3. The maximum atomic E-state index is 9.33. The maximum absolute atomic E-state index is 9.33. The standard InChI is InChI=1S/C6H8O4/c7-3-5-4(10-5)2-1-8-6(3)9-2/h2-7H,1H2/t2?,3?,4-,5?,6+/m0/s1. The molecule has 0 aromatic heterocycles. The molecule has 3 fully saturated rings. The average Bonchev–Trinajstić information content (AvgIpc) is 2.61. The van der Waals surface area contributed by atoms with E-state index in [9.17, 15) is 5.11 Å². The summed E-state index contributed by atoms with van der Waals surface area (Å²) in [6.07, 6.45) is -0.809. The molecule has 3 heterocycles. The average molecular weight is 144 g/mol. The van der Waals surface area contributed by atoms with E-state index in [-0.39, 0.29) is 18.3 Å². The molecular weight excluding hydrogens is 136 g/mol. The Morgan fingerprint density at radius 1 is 1.20 bits per heavy atom. The molecule has 0 aromatic rings. The van der Waals surface area contributed by atoms with Crippen molar-refractivity contribution in [1.82, 2.24) is 0 Å². The predicted molar refractivity (Wildman–Crippen MR) is 29.3 cm³/mol. The van der Waals surface area contributed by atoms with E-state index in [2.05, 4.69) is 0 Å². The Kier molecular flexibility index (Phi) is 0.840. The highest BCUT2D eigenvalue weighted by Gasteiger charge is 2.60. The Labute approximate surface area is 57.7 Å². The van der Waals surface area contributed by atoms with Crippen molar-refractivity contribution >= 4 is 0 Å². The fourth-order valence-electron chi connectivity index (χ4n) is 1.66. The highest BCUT2D eigenvalue weighted by molar-refractivity contribution is 5.03. The van der Waals surface area contributed by atoms with Gasteiger partial charge in [0, 0.05) is 0 Å². The van der Waals surface area contributed by atoms with Gasteiger partial charge in [0.2, 0.25) is 0 Å². The summed E-state index contributed by atoms with van der Waals surface area (Å²) in [5.74, 6) is 0. The van der Waals surface area contributed by atoms with Crippen LogP contribution in [0.1, 0.15) is 0 Å². The summed E-state index contributed by atoms with van der Waals surface area (Å²) >= 11 is 0. The minimum Gasteiger partial charge on any atom is -0.385 e. The molecule has 10 heavy (non-hydrogen) atoms. The van der Waals surface area contributed by atoms with Gasteiger partial charge in [-0.3, -0.25) is 0 Å². The van der Waals surface area contributed by atoms with Crippen molar-refractivity contribution in [3.8, 4) is 0 Å². The molecule has 4 heteroatoms. The van der Waals surface area contributed by atoms with Gasteiger partial charge in [0.15, 0.2) is 6.29 Å². The highest BCUT2D eigenvalue weighted by Crippen LogP contribution is 2.41. The quantitative estimate of drug-likeness (QED) is 0.437. The van der Waals surface area contributed by atoms with E-state index in [0.29, 0.717) is 6.61 Å². The number of epoxide rings is 1. The van der Waals surface area contributed by atoms with Gasteiger partial charge in [0.05, 0.1) is 6.61 Å². The van der Waals surface area contributed by atoms with Gasteiger partial charge < -0.3 is 19.3 Å². The molecule has 0 aromatic carbocycles. The summed E-state index contributed by atoms with van der Waals surface area (Å²) in [7, 11) is 0. The molecule has 3 saturated heterocycles. The summed E-state index contributed by atoms with van der Waals surface area (Å²) in [6, 6.07) is 0. The zero-order chi connectivity index (χ0) is 6.72. The Morgan fingerprint density at radius 2 is 2.10 bits per heavy atom. The third-order valence-corrected chi connectivity index (χ3v) is 2.28. The second-order valence-corrected chi connectivity index (χ2v) is 2.93. The lowest BCUT2D eigenvalue weighted by Gasteiger charge is -2.18. The third kappa shape index (κ3) is 0.509. The van der Waals surface area contributed by atoms with Crippen molar-refractivity contribution in [2.45, 2.75) is 30.7 Å². The van der Waals surface area contributed by atoms with Crippen molar-refractivity contribution in [2.24, 2.45) is 0 Å². The van der Waals surface area contributed by atoms with E-state index < -0.39 is 12.4 Å². The minimum absolute atomic E-state index is 0.00810. The number of rotatable bonds is 0. The van der Waals surface area contributed by atoms with Crippen LogP contribution in [0.25, 0.3) is 0 Å². The van der Waals surface area contributed by atoms with Crippen molar-refractivity contribution < 1.29 is 19.3 Å². The zero-order valence-corrected chi connectivity index (χ0v) is 5.27. The molecular formula is C6H8O4. The van der Waals surface area contributed by atoms with Crippen LogP contribution in [-0.2, 0) is 14.2 Å². The van der Waals surface area contributed by atoms with Gasteiger partial charge in [0.25, 0.3) is 0 Å². The largest absolute Gasteiger partial charge is 0.385 e. The molecule has 1 N–H and O–H groups in total. The molecule has 3 aliphatic heterocycles. The van der Waals surface area contributed by atoms with E-state index in [1.807, 2.05) is 0 Å². The van der Waals surface area contributed by atoms with Crippen LogP contribution in [0.4, 0.5) is 0 Å². The SMILES string of the molecule is OC1C2O[C@H]2C2CO[C@@H]1O2. The molecule has 0 saturated carbocycles. The zero-order valence-electron chi connectivity index (χ0n) is 5.27. The number of fused-ring (bicyclic) bond motifs is 4. The summed E-state index contributed by atoms with van der Waals surface area (Å²) in [6.45, 7) is 0.572. The smallest absolute Gasteiger partial charge is 0.186 e. The van der Waals surface area contributed by atoms with Crippen LogP contribution in [-0.4, -0.2) is 42.4 Å². The van der Waals surface area contributed by atoms with Crippen LogP contribution >= 0.6 is 0 Å². The molecule has 3 rings (SSSR count). The van der Waals surface area contributed by atoms with E-state index in [1.165, 1.54) is 0 Å². The Morgan fingerprint density at radius 3 is 3.00 bits per heavy atom. The van der Waals surface area contributed by atoms with Gasteiger partial charge in [-0.25, -0.2) is 0 Å². The van der Waals surface area contributed by atoms with Crippen molar-refractivity contribution in [3.63, 3.8) is 0 Å². The predicted octanol–water partition coefficient (Wildman–Crippen LogP) is -1.13. The molecule has 3 unspecified atom stereocenters. The van der Waals surface area contributed by atoms with E-state index >= 15 is 0 Å². The first-order valence-electron chi connectivity index (χ1n) is 3.47. The normalized spacial score (nSPS) is 63.9. The van der Waals surface area contributed by atoms with Gasteiger partial charge >= 0.3 is 0 Å². The molecule has 4 nitrogen and oxygen atoms in total. The van der Waals surface area contributed by atoms with Crippen LogP contribution in [0.5, 0.6) is 0 Å². The van der Waals surface area contributed by atoms with Crippen LogP contribution in [0, 0.1) is 0 Å². The fourth-order valence-corrected chi connectivity index (χ4v) is 1.66. The number of hydrogen-bond donors (Lipinski definition) is 1. The van der Waals surface area contributed by atoms with Crippen molar-refractivity contribution in [3.05, 3.63) is 0 Å². The first-order valence-corrected chi connectivity index (χ1v) is 3.47. The van der Waals surface area contributed by atoms with Crippen LogP contribution in [0.3, 0.4) is 0 Å². The first kappa shape index (κ1) is 5.49. The first-order chi connectivity index (χ1) is 4.86. The van der Waals surface area contributed by atoms with E-state index in [0.717, 1.165) is 0 Å². The molecule has 3 aliphatic rings. The van der Waals surface area contributed by atoms with Gasteiger partial charge in [0.1, 0.15) is 24.4 Å². The van der Waals surface area contributed by atoms with Crippen LogP contribution in [0.2, 0.25) is 0 Å². The second-order valence-electron chi connectivity index (χ2n) is 2.93. The summed E-state index contributed by atoms with van der Waals surface area (Å²) in [5.41, 5.74) is 0. The van der Waals surface area contributed by atoms with Gasteiger partial charge in [-0.15, -0.1) is 0 Å². The topological polar surface area (TPSA) is 51.2 Å². The van der Waals surface area contributed by atoms with E-state index in [1.54, 1.807) is 0 Å². The molecule has 5 atom stereocenters. The van der Waals surface area contributed by atoms with Crippen molar-refractivity contribution in [2.75, 3.05) is 6.61 Å². The molecule has 0 radical (unpaired) electrons. The maximum Gasteiger partial charge on any atom is 0.186 e. The lowest BCUT2D eigenvalue weighted by atomic mass is 10.1. The molecule has 0 aliphatic carbocycles. The Hall–Kier alpha value is -0.160. The Balaban J connectivity index is 1.91. The summed E-state index contributed by atoms with van der Waals surface area (Å²) in [4.78, 5) is 0. The van der Waals surface area contributed by atoms with Gasteiger partial charge in [-0.05, 0) is 0 Å². The fraction of sp³-hybridized carbons (Fsp3) is 1.00. The Bertz CT molecular complexity index is 169. The molecule has 2 bridgehead atoms. The number of aliphatic hydroxyl groups is 1. The molecule has 0 amide bonds. The van der Waals surface area contributed by atoms with Crippen LogP contribution < -0.4 is 0 Å². The second kappa shape index (κ2) is 1.53. The highest BCUT2D eigenvalue weighted by atomic mass is 16.8. The lowest BCUT2D eigenvalue weighted by Crippen LogP contribution is -2.39. The lowest BCUT2D eigenvalue weighted by molar-refractivity contribution is -0.143. The van der Waals surface area contributed by atoms with Gasteiger partial charge in [-0.2, -0.15) is 0 Å². The summed E-state index contributed by atoms with van der Waals surface area (Å²) in [5, 5.41) is 9.33. The summed E-state index contributed by atoms with van der Waals surface area (Å²) < 4.78 is 15.6. The van der Waals surface area contributed by atoms with Crippen LogP contribution in [0.15, 0.2) is 0 Å². The van der Waals surface area contributed by atoms with Gasteiger partial charge in [-0.1, -0.05) is 0 Å². The minimum atomic E-state index is -0.566. The number of aliphatic hydroxyl groups excluding tert-OH is 1. The van der Waals surface area contributed by atoms with Crippen molar-refractivity contribution in [1.29, 1.82) is 0 Å². The monoisotopic (exact) mass is 144 g/mol. The molecule has 56 valence electrons.